The molecule has 27 heavy (non-hydrogen) atoms. The highest BCUT2D eigenvalue weighted by Crippen LogP contribution is 2.31. The van der Waals surface area contributed by atoms with Crippen LogP contribution in [0.5, 0.6) is 5.75 Å². The highest BCUT2D eigenvalue weighted by atomic mass is 19.1. The molecular formula is C24H17FO2. The van der Waals surface area contributed by atoms with E-state index in [0.29, 0.717) is 11.1 Å². The average Bonchev–Trinajstić information content (AvgIpc) is 2.73. The number of rotatable bonds is 4. The molecule has 0 saturated heterocycles. The molecule has 0 aliphatic heterocycles. The van der Waals surface area contributed by atoms with Crippen LogP contribution in [0.1, 0.15) is 15.9 Å². The Balaban J connectivity index is 1.71. The summed E-state index contributed by atoms with van der Waals surface area (Å²) < 4.78 is 18.4. The Morgan fingerprint density at radius 2 is 1.48 bits per heavy atom. The summed E-state index contributed by atoms with van der Waals surface area (Å²) in [7, 11) is 1.65. The Bertz CT molecular complexity index is 1110. The number of halogens is 1. The molecule has 0 spiro atoms. The molecule has 0 amide bonds. The Hall–Kier alpha value is -3.46. The number of ketones is 1. The fourth-order valence-electron chi connectivity index (χ4n) is 3.20. The Kier molecular flexibility index (Phi) is 4.43. The predicted molar refractivity (Wildman–Crippen MR) is 106 cm³/mol. The number of methoxy groups -OCH3 is 1. The lowest BCUT2D eigenvalue weighted by molar-refractivity contribution is 0.103. The fraction of sp³-hybridized carbons (Fsp3) is 0.0417. The first-order valence-electron chi connectivity index (χ1n) is 8.63. The first-order valence-corrected chi connectivity index (χ1v) is 8.63. The van der Waals surface area contributed by atoms with Gasteiger partial charge in [0.05, 0.1) is 7.11 Å². The summed E-state index contributed by atoms with van der Waals surface area (Å²) in [6.07, 6.45) is 0. The quantitative estimate of drug-likeness (QED) is 0.427. The fourth-order valence-corrected chi connectivity index (χ4v) is 3.20. The van der Waals surface area contributed by atoms with Crippen molar-refractivity contribution in [1.29, 1.82) is 0 Å². The molecular weight excluding hydrogens is 339 g/mol. The number of ether oxygens (including phenoxy) is 1. The van der Waals surface area contributed by atoms with Crippen LogP contribution in [-0.4, -0.2) is 12.9 Å². The van der Waals surface area contributed by atoms with Gasteiger partial charge in [-0.25, -0.2) is 4.39 Å². The highest BCUT2D eigenvalue weighted by Gasteiger charge is 2.10. The molecule has 0 fully saturated rings. The van der Waals surface area contributed by atoms with Gasteiger partial charge in [0.1, 0.15) is 11.6 Å². The first-order chi connectivity index (χ1) is 13.2. The lowest BCUT2D eigenvalue weighted by atomic mass is 9.96. The topological polar surface area (TPSA) is 26.3 Å². The van der Waals surface area contributed by atoms with Crippen LogP contribution in [0.2, 0.25) is 0 Å². The van der Waals surface area contributed by atoms with Gasteiger partial charge in [-0.2, -0.15) is 0 Å². The van der Waals surface area contributed by atoms with Gasteiger partial charge in [0.15, 0.2) is 5.78 Å². The van der Waals surface area contributed by atoms with Gasteiger partial charge in [-0.05, 0) is 58.3 Å². The van der Waals surface area contributed by atoms with E-state index in [1.807, 2.05) is 36.4 Å². The summed E-state index contributed by atoms with van der Waals surface area (Å²) in [5.74, 6) is 0.326. The van der Waals surface area contributed by atoms with Crippen LogP contribution in [0.15, 0.2) is 84.9 Å². The number of benzene rings is 4. The minimum atomic E-state index is -0.353. The van der Waals surface area contributed by atoms with Crippen molar-refractivity contribution >= 4 is 16.6 Å². The maximum absolute atomic E-state index is 13.1. The van der Waals surface area contributed by atoms with E-state index in [-0.39, 0.29) is 11.6 Å². The highest BCUT2D eigenvalue weighted by molar-refractivity contribution is 6.09. The SMILES string of the molecule is COc1ccc2cccc(-c3ccc(C(=O)c4ccc(F)cc4)cc3)c2c1. The molecule has 0 heterocycles. The Morgan fingerprint density at radius 1 is 0.815 bits per heavy atom. The van der Waals surface area contributed by atoms with Gasteiger partial charge in [-0.3, -0.25) is 4.79 Å². The second kappa shape index (κ2) is 7.04. The lowest BCUT2D eigenvalue weighted by Gasteiger charge is -2.09. The summed E-state index contributed by atoms with van der Waals surface area (Å²) in [4.78, 5) is 12.6. The monoisotopic (exact) mass is 356 g/mol. The molecule has 2 nitrogen and oxygen atoms in total. The van der Waals surface area contributed by atoms with E-state index in [9.17, 15) is 9.18 Å². The summed E-state index contributed by atoms with van der Waals surface area (Å²) in [6, 6.07) is 25.2. The third kappa shape index (κ3) is 3.32. The molecule has 132 valence electrons. The molecule has 0 aromatic heterocycles. The minimum absolute atomic E-state index is 0.124. The molecule has 0 radical (unpaired) electrons. The van der Waals surface area contributed by atoms with Gasteiger partial charge in [0.2, 0.25) is 0 Å². The molecule has 0 aliphatic carbocycles. The van der Waals surface area contributed by atoms with Crippen LogP contribution in [0, 0.1) is 5.82 Å². The van der Waals surface area contributed by atoms with Gasteiger partial charge in [0.25, 0.3) is 0 Å². The van der Waals surface area contributed by atoms with E-state index in [1.165, 1.54) is 24.3 Å². The zero-order chi connectivity index (χ0) is 18.8. The van der Waals surface area contributed by atoms with Crippen molar-refractivity contribution in [3.63, 3.8) is 0 Å². The number of fused-ring (bicyclic) bond motifs is 1. The largest absolute Gasteiger partial charge is 0.497 e. The number of carbonyl (C=O) groups is 1. The standard InChI is InChI=1S/C24H17FO2/c1-27-21-14-11-16-3-2-4-22(23(16)15-21)17-5-7-18(8-6-17)24(26)19-9-12-20(25)13-10-19/h2-15H,1H3. The van der Waals surface area contributed by atoms with Crippen molar-refractivity contribution in [2.45, 2.75) is 0 Å². The predicted octanol–water partition coefficient (Wildman–Crippen LogP) is 5.89. The number of hydrogen-bond acceptors (Lipinski definition) is 2. The average molecular weight is 356 g/mol. The lowest BCUT2D eigenvalue weighted by Crippen LogP contribution is -2.01. The Labute approximate surface area is 156 Å². The van der Waals surface area contributed by atoms with Crippen molar-refractivity contribution in [2.24, 2.45) is 0 Å². The van der Waals surface area contributed by atoms with Crippen LogP contribution in [0.25, 0.3) is 21.9 Å². The van der Waals surface area contributed by atoms with Crippen molar-refractivity contribution in [3.05, 3.63) is 102 Å². The summed E-state index contributed by atoms with van der Waals surface area (Å²) in [6.45, 7) is 0. The van der Waals surface area contributed by atoms with Crippen LogP contribution < -0.4 is 4.74 Å². The zero-order valence-electron chi connectivity index (χ0n) is 14.8. The third-order valence-electron chi connectivity index (χ3n) is 4.65. The molecule has 0 bridgehead atoms. The normalized spacial score (nSPS) is 10.7. The van der Waals surface area contributed by atoms with Crippen molar-refractivity contribution < 1.29 is 13.9 Å². The molecule has 4 rings (SSSR count). The van der Waals surface area contributed by atoms with Crippen LogP contribution in [-0.2, 0) is 0 Å². The van der Waals surface area contributed by atoms with E-state index < -0.39 is 0 Å². The van der Waals surface area contributed by atoms with Crippen LogP contribution in [0.3, 0.4) is 0 Å². The van der Waals surface area contributed by atoms with Gasteiger partial charge < -0.3 is 4.74 Å². The maximum atomic E-state index is 13.1. The van der Waals surface area contributed by atoms with Crippen LogP contribution >= 0.6 is 0 Å². The molecule has 4 aromatic rings. The zero-order valence-corrected chi connectivity index (χ0v) is 14.8. The molecule has 0 N–H and O–H groups in total. The molecule has 0 aliphatic rings. The second-order valence-electron chi connectivity index (χ2n) is 6.31. The van der Waals surface area contributed by atoms with E-state index in [2.05, 4.69) is 12.1 Å². The van der Waals surface area contributed by atoms with E-state index in [1.54, 1.807) is 19.2 Å². The second-order valence-corrected chi connectivity index (χ2v) is 6.31. The maximum Gasteiger partial charge on any atom is 0.193 e. The third-order valence-corrected chi connectivity index (χ3v) is 4.65. The molecule has 4 aromatic carbocycles. The minimum Gasteiger partial charge on any atom is -0.497 e. The Morgan fingerprint density at radius 3 is 2.15 bits per heavy atom. The number of carbonyl (C=O) groups excluding carboxylic acids is 1. The van der Waals surface area contributed by atoms with Crippen molar-refractivity contribution in [2.75, 3.05) is 7.11 Å². The number of hydrogen-bond donors (Lipinski definition) is 0. The van der Waals surface area contributed by atoms with E-state index in [0.717, 1.165) is 27.6 Å². The molecule has 0 unspecified atom stereocenters. The van der Waals surface area contributed by atoms with Gasteiger partial charge in [0, 0.05) is 11.1 Å². The molecule has 0 atom stereocenters. The smallest absolute Gasteiger partial charge is 0.193 e. The van der Waals surface area contributed by atoms with E-state index >= 15 is 0 Å². The molecule has 3 heteroatoms. The summed E-state index contributed by atoms with van der Waals surface area (Å²) in [5.41, 5.74) is 3.14. The van der Waals surface area contributed by atoms with Gasteiger partial charge >= 0.3 is 0 Å². The summed E-state index contributed by atoms with van der Waals surface area (Å²) >= 11 is 0. The summed E-state index contributed by atoms with van der Waals surface area (Å²) in [5, 5.41) is 2.22. The van der Waals surface area contributed by atoms with Crippen molar-refractivity contribution in [3.8, 4) is 16.9 Å². The molecule has 0 saturated carbocycles. The van der Waals surface area contributed by atoms with E-state index in [4.69, 9.17) is 4.74 Å². The first kappa shape index (κ1) is 17.0. The van der Waals surface area contributed by atoms with Crippen molar-refractivity contribution in [1.82, 2.24) is 0 Å². The van der Waals surface area contributed by atoms with Gasteiger partial charge in [-0.1, -0.05) is 48.5 Å². The van der Waals surface area contributed by atoms with Crippen LogP contribution in [0.4, 0.5) is 4.39 Å². The van der Waals surface area contributed by atoms with Gasteiger partial charge in [-0.15, -0.1) is 0 Å².